The summed E-state index contributed by atoms with van der Waals surface area (Å²) in [5, 5.41) is -0.134. The molecule has 0 N–H and O–H groups in total. The molecule has 0 saturated heterocycles. The summed E-state index contributed by atoms with van der Waals surface area (Å²) in [4.78, 5) is 14.3. The molecule has 1 unspecified atom stereocenters. The summed E-state index contributed by atoms with van der Waals surface area (Å²) in [6.45, 7) is 4.20. The lowest BCUT2D eigenvalue weighted by atomic mass is 10.0. The van der Waals surface area contributed by atoms with Gasteiger partial charge in [-0.15, -0.1) is 11.8 Å². The molecule has 0 aromatic heterocycles. The standard InChI is InChI=1S/C23H22OS/c1-17-13-14-18(2)21(15-17)25-22(16-19-9-5-3-6-10-19)23(24)20-11-7-4-8-12-20/h3-15,22H,16H2,1-2H3. The van der Waals surface area contributed by atoms with E-state index in [0.29, 0.717) is 0 Å². The average molecular weight is 346 g/mol. The van der Waals surface area contributed by atoms with Crippen molar-refractivity contribution < 1.29 is 4.79 Å². The van der Waals surface area contributed by atoms with Crippen LogP contribution in [0.15, 0.2) is 83.8 Å². The molecular weight excluding hydrogens is 324 g/mol. The summed E-state index contributed by atoms with van der Waals surface area (Å²) in [5.41, 5.74) is 4.41. The summed E-state index contributed by atoms with van der Waals surface area (Å²) >= 11 is 1.68. The van der Waals surface area contributed by atoms with E-state index in [1.807, 2.05) is 48.5 Å². The van der Waals surface area contributed by atoms with E-state index in [1.54, 1.807) is 11.8 Å². The van der Waals surface area contributed by atoms with Crippen molar-refractivity contribution >= 4 is 17.5 Å². The Morgan fingerprint density at radius 2 is 1.52 bits per heavy atom. The minimum absolute atomic E-state index is 0.134. The van der Waals surface area contributed by atoms with Gasteiger partial charge in [0.2, 0.25) is 0 Å². The summed E-state index contributed by atoms with van der Waals surface area (Å²) < 4.78 is 0. The van der Waals surface area contributed by atoms with Gasteiger partial charge in [-0.3, -0.25) is 4.79 Å². The van der Waals surface area contributed by atoms with Crippen molar-refractivity contribution in [1.82, 2.24) is 0 Å². The quantitative estimate of drug-likeness (QED) is 0.409. The number of thioether (sulfide) groups is 1. The molecule has 0 saturated carbocycles. The first-order valence-electron chi connectivity index (χ1n) is 8.50. The van der Waals surface area contributed by atoms with Crippen LogP contribution in [0, 0.1) is 13.8 Å². The van der Waals surface area contributed by atoms with Crippen LogP contribution in [-0.2, 0) is 6.42 Å². The normalized spacial score (nSPS) is 11.9. The van der Waals surface area contributed by atoms with Gasteiger partial charge in [0.15, 0.2) is 5.78 Å². The minimum atomic E-state index is -0.134. The Bertz CT molecular complexity index is 840. The molecular formula is C23H22OS. The molecule has 3 aromatic rings. The maximum Gasteiger partial charge on any atom is 0.176 e. The highest BCUT2D eigenvalue weighted by atomic mass is 32.2. The van der Waals surface area contributed by atoms with E-state index in [4.69, 9.17) is 0 Å². The van der Waals surface area contributed by atoms with E-state index in [0.717, 1.165) is 12.0 Å². The van der Waals surface area contributed by atoms with Gasteiger partial charge in [0, 0.05) is 10.5 Å². The van der Waals surface area contributed by atoms with Crippen molar-refractivity contribution in [3.8, 4) is 0 Å². The lowest BCUT2D eigenvalue weighted by Crippen LogP contribution is -2.20. The van der Waals surface area contributed by atoms with Crippen molar-refractivity contribution in [2.24, 2.45) is 0 Å². The van der Waals surface area contributed by atoms with Gasteiger partial charge in [-0.05, 0) is 37.5 Å². The second kappa shape index (κ2) is 8.17. The highest BCUT2D eigenvalue weighted by Crippen LogP contribution is 2.31. The second-order valence-electron chi connectivity index (χ2n) is 6.30. The lowest BCUT2D eigenvalue weighted by Gasteiger charge is -2.17. The average Bonchev–Trinajstić information content (AvgIpc) is 2.65. The number of hydrogen-bond acceptors (Lipinski definition) is 2. The Labute approximate surface area is 154 Å². The van der Waals surface area contributed by atoms with E-state index in [9.17, 15) is 4.79 Å². The predicted octanol–water partition coefficient (Wildman–Crippen LogP) is 5.89. The number of hydrogen-bond donors (Lipinski definition) is 0. The smallest absolute Gasteiger partial charge is 0.176 e. The molecule has 1 nitrogen and oxygen atoms in total. The topological polar surface area (TPSA) is 17.1 Å². The zero-order valence-corrected chi connectivity index (χ0v) is 15.4. The highest BCUT2D eigenvalue weighted by molar-refractivity contribution is 8.00. The molecule has 0 aliphatic rings. The summed E-state index contributed by atoms with van der Waals surface area (Å²) in [6, 6.07) is 26.3. The SMILES string of the molecule is Cc1ccc(C)c(SC(Cc2ccccc2)C(=O)c2ccccc2)c1. The van der Waals surface area contributed by atoms with E-state index < -0.39 is 0 Å². The fraction of sp³-hybridized carbons (Fsp3) is 0.174. The molecule has 0 bridgehead atoms. The van der Waals surface area contributed by atoms with E-state index >= 15 is 0 Å². The van der Waals surface area contributed by atoms with Crippen LogP contribution in [0.1, 0.15) is 27.0 Å². The summed E-state index contributed by atoms with van der Waals surface area (Å²) in [6.07, 6.45) is 0.729. The number of aryl methyl sites for hydroxylation is 2. The van der Waals surface area contributed by atoms with Gasteiger partial charge in [-0.1, -0.05) is 78.4 Å². The van der Waals surface area contributed by atoms with Crippen LogP contribution in [-0.4, -0.2) is 11.0 Å². The molecule has 3 aromatic carbocycles. The third kappa shape index (κ3) is 4.61. The Kier molecular flexibility index (Phi) is 5.72. The number of Topliss-reactive ketones (excluding diaryl/α,β-unsaturated/α-hetero) is 1. The fourth-order valence-corrected chi connectivity index (χ4v) is 4.13. The number of benzene rings is 3. The number of ketones is 1. The van der Waals surface area contributed by atoms with Crippen molar-refractivity contribution in [3.63, 3.8) is 0 Å². The van der Waals surface area contributed by atoms with Gasteiger partial charge in [-0.25, -0.2) is 0 Å². The molecule has 2 heteroatoms. The van der Waals surface area contributed by atoms with Gasteiger partial charge in [-0.2, -0.15) is 0 Å². The third-order valence-corrected chi connectivity index (χ3v) is 5.59. The van der Waals surface area contributed by atoms with E-state index in [2.05, 4.69) is 44.2 Å². The lowest BCUT2D eigenvalue weighted by molar-refractivity contribution is 0.0989. The van der Waals surface area contributed by atoms with Crippen LogP contribution in [0.4, 0.5) is 0 Å². The number of carbonyl (C=O) groups is 1. The minimum Gasteiger partial charge on any atom is -0.293 e. The van der Waals surface area contributed by atoms with Crippen LogP contribution in [0.3, 0.4) is 0 Å². The van der Waals surface area contributed by atoms with Crippen molar-refractivity contribution in [2.45, 2.75) is 30.4 Å². The van der Waals surface area contributed by atoms with Crippen LogP contribution in [0.5, 0.6) is 0 Å². The molecule has 1 atom stereocenters. The van der Waals surface area contributed by atoms with Gasteiger partial charge in [0.25, 0.3) is 0 Å². The highest BCUT2D eigenvalue weighted by Gasteiger charge is 2.22. The number of carbonyl (C=O) groups excluding carboxylic acids is 1. The largest absolute Gasteiger partial charge is 0.293 e. The third-order valence-electron chi connectivity index (χ3n) is 4.23. The maximum absolute atomic E-state index is 13.1. The Balaban J connectivity index is 1.91. The molecule has 0 aliphatic heterocycles. The van der Waals surface area contributed by atoms with Crippen LogP contribution < -0.4 is 0 Å². The van der Waals surface area contributed by atoms with Crippen LogP contribution >= 0.6 is 11.8 Å². The molecule has 0 spiro atoms. The van der Waals surface area contributed by atoms with E-state index in [-0.39, 0.29) is 11.0 Å². The van der Waals surface area contributed by atoms with Gasteiger partial charge in [0.1, 0.15) is 0 Å². The molecule has 0 heterocycles. The molecule has 0 amide bonds. The number of rotatable bonds is 6. The summed E-state index contributed by atoms with van der Waals surface area (Å²) in [5.74, 6) is 0.190. The fourth-order valence-electron chi connectivity index (χ4n) is 2.79. The molecule has 25 heavy (non-hydrogen) atoms. The summed E-state index contributed by atoms with van der Waals surface area (Å²) in [7, 11) is 0. The Morgan fingerprint density at radius 3 is 2.20 bits per heavy atom. The zero-order chi connectivity index (χ0) is 17.6. The first-order chi connectivity index (χ1) is 12.1. The Hall–Kier alpha value is -2.32. The molecule has 0 fully saturated rings. The first kappa shape index (κ1) is 17.5. The van der Waals surface area contributed by atoms with Gasteiger partial charge in [0.05, 0.1) is 5.25 Å². The Morgan fingerprint density at radius 1 is 0.880 bits per heavy atom. The maximum atomic E-state index is 13.1. The molecule has 126 valence electrons. The monoisotopic (exact) mass is 346 g/mol. The molecule has 0 radical (unpaired) electrons. The van der Waals surface area contributed by atoms with Crippen molar-refractivity contribution in [3.05, 3.63) is 101 Å². The van der Waals surface area contributed by atoms with Gasteiger partial charge >= 0.3 is 0 Å². The van der Waals surface area contributed by atoms with Crippen LogP contribution in [0.25, 0.3) is 0 Å². The predicted molar refractivity (Wildman–Crippen MR) is 106 cm³/mol. The molecule has 0 aliphatic carbocycles. The van der Waals surface area contributed by atoms with Crippen LogP contribution in [0.2, 0.25) is 0 Å². The first-order valence-corrected chi connectivity index (χ1v) is 9.38. The van der Waals surface area contributed by atoms with Crippen molar-refractivity contribution in [2.75, 3.05) is 0 Å². The van der Waals surface area contributed by atoms with E-state index in [1.165, 1.54) is 21.6 Å². The molecule has 3 rings (SSSR count). The second-order valence-corrected chi connectivity index (χ2v) is 7.54. The zero-order valence-electron chi connectivity index (χ0n) is 14.6. The van der Waals surface area contributed by atoms with Gasteiger partial charge < -0.3 is 0 Å². The van der Waals surface area contributed by atoms with Crippen molar-refractivity contribution in [1.29, 1.82) is 0 Å².